The Labute approximate surface area is 885 Å². The molecule has 0 atom stereocenters. The van der Waals surface area contributed by atoms with Gasteiger partial charge >= 0.3 is 61.3 Å². The van der Waals surface area contributed by atoms with Crippen molar-refractivity contribution in [2.75, 3.05) is 16.8 Å². The number of hydrogen-bond acceptors (Lipinski definition) is 12. The van der Waals surface area contributed by atoms with E-state index < -0.39 is 0 Å². The maximum Gasteiger partial charge on any atom is 3.00 e. The number of aliphatic imine (C=N–C) groups is 2. The molecule has 0 unspecified atom stereocenters. The van der Waals surface area contributed by atoms with Crippen molar-refractivity contribution in [1.82, 2.24) is 29.5 Å². The summed E-state index contributed by atoms with van der Waals surface area (Å²) in [6.45, 7) is 33.3. The van der Waals surface area contributed by atoms with Gasteiger partial charge in [-0.1, -0.05) is 211 Å². The molecule has 21 rings (SSSR count). The number of carbonyl (C=O) groups is 1. The van der Waals surface area contributed by atoms with Gasteiger partial charge in [-0.2, -0.15) is 18.8 Å². The van der Waals surface area contributed by atoms with Crippen LogP contribution in [0.3, 0.4) is 0 Å². The second-order valence-electron chi connectivity index (χ2n) is 35.1. The average molecular weight is 2560 g/mol. The number of imidazole rings is 1. The third kappa shape index (κ3) is 26.4. The summed E-state index contributed by atoms with van der Waals surface area (Å²) in [6, 6.07) is 126. The number of pyridine rings is 4. The normalized spacial score (nSPS) is 11.8. The molecule has 0 amide bonds. The number of aromatic nitrogens is 6. The van der Waals surface area contributed by atoms with Gasteiger partial charge in [-0.05, 0) is 164 Å². The molecule has 141 heavy (non-hydrogen) atoms. The Morgan fingerprint density at radius 3 is 1.51 bits per heavy atom. The first kappa shape index (κ1) is 108. The Morgan fingerprint density at radius 2 is 0.993 bits per heavy atom. The summed E-state index contributed by atoms with van der Waals surface area (Å²) in [5, 5.41) is 13.1. The van der Waals surface area contributed by atoms with E-state index in [2.05, 4.69) is 312 Å². The minimum Gasteiger partial charge on any atom is -0.512 e. The predicted octanol–water partition coefficient (Wildman–Crippen LogP) is 30.6. The van der Waals surface area contributed by atoms with Crippen LogP contribution in [0.4, 0.5) is 28.4 Å². The SMILES string of the molecule is CC(=O)C=C(C)O.CC(C)c1cccc(C(C)C)c1-n1ccnc1-c1[c-]cccc1.CN1[CH-]N2c3c1cccc3C(C)(C)c1cccc3oc4cc[c-]c2c4c13.Cc1[c-]c(-c2nccc3cc(C)ccc23)cc(C)c1.Cc1cc(C)c(-c2[c-]cccc2)nc1-c1[c-]cccc1.Cc1cc(C)c(-c2ccccn2)[c-]c1-c1ccccn1.[Ir+3].[Ir+3].[Ir].[Pt+2].[c-]1ccccc1C=Nc1ccccc1N=Cc1[c-]cccc1. The number of anilines is 3. The van der Waals surface area contributed by atoms with Crippen LogP contribution in [-0.4, -0.2) is 59.9 Å². The summed E-state index contributed by atoms with van der Waals surface area (Å²) in [7, 11) is 2.10. The van der Waals surface area contributed by atoms with E-state index in [0.717, 1.165) is 118 Å². The molecular formula is C124H109Ir3N10O3Pt-. The van der Waals surface area contributed by atoms with Crippen molar-refractivity contribution in [2.45, 2.75) is 121 Å². The van der Waals surface area contributed by atoms with E-state index in [9.17, 15) is 4.79 Å². The molecule has 0 saturated carbocycles. The van der Waals surface area contributed by atoms with E-state index in [1.807, 2.05) is 213 Å². The molecule has 13 nitrogen and oxygen atoms in total. The summed E-state index contributed by atoms with van der Waals surface area (Å²) >= 11 is 0. The monoisotopic (exact) mass is 2560 g/mol. The number of aliphatic hydroxyl groups excluding tert-OH is 1. The van der Waals surface area contributed by atoms with Crippen LogP contribution < -0.4 is 9.80 Å². The van der Waals surface area contributed by atoms with Crippen molar-refractivity contribution < 1.29 is 95.7 Å². The maximum atomic E-state index is 10.0. The van der Waals surface area contributed by atoms with Crippen molar-refractivity contribution in [3.63, 3.8) is 0 Å². The van der Waals surface area contributed by atoms with Gasteiger partial charge in [-0.3, -0.25) is 19.7 Å². The van der Waals surface area contributed by atoms with Crippen LogP contribution in [0.15, 0.2) is 354 Å². The summed E-state index contributed by atoms with van der Waals surface area (Å²) < 4.78 is 8.44. The molecule has 0 fully saturated rings. The van der Waals surface area contributed by atoms with Crippen molar-refractivity contribution in [1.29, 1.82) is 0 Å². The molecule has 19 aromatic rings. The van der Waals surface area contributed by atoms with Crippen molar-refractivity contribution >= 4 is 79.4 Å². The van der Waals surface area contributed by atoms with Gasteiger partial charge in [0.25, 0.3) is 0 Å². The van der Waals surface area contributed by atoms with Gasteiger partial charge in [0.05, 0.1) is 23.0 Å². The fraction of sp³-hybridized carbons (Fsp3) is 0.153. The van der Waals surface area contributed by atoms with Gasteiger partial charge in [0.1, 0.15) is 5.58 Å². The molecule has 0 aliphatic carbocycles. The van der Waals surface area contributed by atoms with E-state index in [0.29, 0.717) is 11.8 Å². The average Bonchev–Trinajstić information content (AvgIpc) is 1.73. The zero-order valence-electron chi connectivity index (χ0n) is 81.7. The molecule has 8 heterocycles. The Balaban J connectivity index is 0.000000159. The summed E-state index contributed by atoms with van der Waals surface area (Å²) in [5.74, 6) is 1.80. The Bertz CT molecular complexity index is 7130. The number of hydrogen-bond donors (Lipinski definition) is 1. The van der Waals surface area contributed by atoms with Crippen LogP contribution in [0.1, 0.15) is 140 Å². The topological polar surface area (TPSA) is 151 Å². The molecule has 711 valence electrons. The van der Waals surface area contributed by atoms with Crippen LogP contribution in [0, 0.1) is 104 Å². The van der Waals surface area contributed by atoms with Crippen LogP contribution in [0.5, 0.6) is 0 Å². The summed E-state index contributed by atoms with van der Waals surface area (Å²) in [5.41, 5.74) is 34.9. The zero-order valence-corrected chi connectivity index (χ0v) is 91.2. The molecule has 2 aliphatic heterocycles. The van der Waals surface area contributed by atoms with Crippen molar-refractivity contribution in [3.05, 3.63) is 468 Å². The molecule has 1 radical (unpaired) electrons. The van der Waals surface area contributed by atoms with E-state index in [4.69, 9.17) is 14.5 Å². The number of para-hydroxylation sites is 4. The Kier molecular flexibility index (Phi) is 38.7. The standard InChI is InChI=1S/C23H18N2O.C21H23N2.C20H14N2.C19H15N.C18H15N2.C18H16N.C5H8O2.3Ir.Pt/c1-23(2)14-7-5-11-18-20(14)21-16(9-6-12-19(21)26-18)25-13-24(3)17-10-4-8-15(23)22(17)25;1-15(2)18-11-8-12-19(16(3)4)20(18)23-14-13-22-21(23)17-9-6-5-7-10-17;1-3-9-17(10-4-1)15-21-19-13-7-8-14-20(19)22-16-18-11-5-2-6-12-18;1-14-13-15(2)19(17-11-7-4-8-12-17)20-18(14)16-9-5-3-6-10-16;1-13-11-14(2)16(18-8-4-6-10-20-18)12-15(13)17-7-3-5-9-19-17;1-12-4-5-17-15(9-12)6-7-19-18(17)16-10-13(2)8-14(3)11-16;1-4(6)3-5(2)7;;;;/h4-8,10-13H,1-3H3;5-9,11-16H,1-4H3;1-9,11,13-16H;3-9,11,13H,1-2H3;3-11H,1-2H3;4-10H,1-3H3;3,6H,1-2H3;;;;/q-2;-1;2*-2;2*-1;;;2*+3;+2. The van der Waals surface area contributed by atoms with Gasteiger partial charge in [0.2, 0.25) is 0 Å². The number of aryl methyl sites for hydroxylation is 7. The molecule has 6 aromatic heterocycles. The van der Waals surface area contributed by atoms with Crippen LogP contribution in [0.25, 0.3) is 106 Å². The molecule has 13 aromatic carbocycles. The predicted molar refractivity (Wildman–Crippen MR) is 564 cm³/mol. The number of nitrogens with zero attached hydrogens (tertiary/aromatic N) is 10. The minimum atomic E-state index is -0.146. The number of carbonyl (C=O) groups excluding carboxylic acids is 1. The first-order chi connectivity index (χ1) is 66.3. The van der Waals surface area contributed by atoms with E-state index in [-0.39, 0.29) is 98.3 Å². The Morgan fingerprint density at radius 1 is 0.468 bits per heavy atom. The number of fused-ring (bicyclic) bond motifs is 2. The maximum absolute atomic E-state index is 10.0. The van der Waals surface area contributed by atoms with E-state index in [1.165, 1.54) is 109 Å². The number of allylic oxidation sites excluding steroid dienone is 2. The van der Waals surface area contributed by atoms with E-state index >= 15 is 0 Å². The fourth-order valence-electron chi connectivity index (χ4n) is 17.2. The molecule has 1 N–H and O–H groups in total. The van der Waals surface area contributed by atoms with Crippen molar-refractivity contribution in [3.8, 4) is 73.4 Å². The second-order valence-corrected chi connectivity index (χ2v) is 35.1. The van der Waals surface area contributed by atoms with Gasteiger partial charge in [0, 0.05) is 96.6 Å². The summed E-state index contributed by atoms with van der Waals surface area (Å²) in [6.07, 6.45) is 14.2. The molecule has 2 aliphatic rings. The largest absolute Gasteiger partial charge is 3.00 e. The smallest absolute Gasteiger partial charge is 0.512 e. The Hall–Kier alpha value is -13.5. The third-order valence-corrected chi connectivity index (χ3v) is 23.5. The van der Waals surface area contributed by atoms with Gasteiger partial charge in [-0.25, -0.2) is 0 Å². The number of benzene rings is 13. The molecule has 0 saturated heterocycles. The number of ketones is 1. The second kappa shape index (κ2) is 50.6. The molecule has 0 bridgehead atoms. The molecule has 0 spiro atoms. The number of rotatable bonds is 14. The number of aliphatic hydroxyl groups is 1. The number of furan rings is 1. The van der Waals surface area contributed by atoms with E-state index in [1.54, 1.807) is 12.4 Å². The van der Waals surface area contributed by atoms with Crippen molar-refractivity contribution in [2.24, 2.45) is 9.98 Å². The minimum absolute atomic E-state index is 0. The van der Waals surface area contributed by atoms with Crippen LogP contribution in [0.2, 0.25) is 0 Å². The molecular weight excluding hydrogens is 2450 g/mol. The zero-order chi connectivity index (χ0) is 96.2. The van der Waals surface area contributed by atoms with Gasteiger partial charge in [0.15, 0.2) is 5.78 Å². The van der Waals surface area contributed by atoms with Crippen LogP contribution in [-0.2, 0) is 91.6 Å². The molecule has 17 heteroatoms. The first-order valence-corrected chi connectivity index (χ1v) is 46.0. The fourth-order valence-corrected chi connectivity index (χ4v) is 17.2. The summed E-state index contributed by atoms with van der Waals surface area (Å²) in [4.78, 5) is 46.3. The third-order valence-electron chi connectivity index (χ3n) is 23.5. The van der Waals surface area contributed by atoms with Crippen LogP contribution >= 0.6 is 0 Å². The first-order valence-electron chi connectivity index (χ1n) is 46.0. The van der Waals surface area contributed by atoms with Gasteiger partial charge in [-0.15, -0.1) is 244 Å². The van der Waals surface area contributed by atoms with Gasteiger partial charge < -0.3 is 43.8 Å². The quantitative estimate of drug-likeness (QED) is 0.0482.